The zero-order chi connectivity index (χ0) is 17.2. The summed E-state index contributed by atoms with van der Waals surface area (Å²) in [7, 11) is 0. The van der Waals surface area contributed by atoms with Crippen LogP contribution in [0.25, 0.3) is 10.9 Å². The van der Waals surface area contributed by atoms with Gasteiger partial charge in [0, 0.05) is 29.1 Å². The molecule has 25 heavy (non-hydrogen) atoms. The van der Waals surface area contributed by atoms with Crippen LogP contribution in [0.15, 0.2) is 59.8 Å². The summed E-state index contributed by atoms with van der Waals surface area (Å²) in [5.74, 6) is 0.396. The molecule has 4 rings (SSSR count). The second-order valence-corrected chi connectivity index (χ2v) is 5.98. The molecule has 0 fully saturated rings. The average molecular weight is 351 g/mol. The zero-order valence-electron chi connectivity index (χ0n) is 13.1. The highest BCUT2D eigenvalue weighted by atomic mass is 32.1. The lowest BCUT2D eigenvalue weighted by Gasteiger charge is -2.01. The van der Waals surface area contributed by atoms with E-state index in [1.54, 1.807) is 23.0 Å². The normalized spacial score (nSPS) is 11.6. The Labute approximate surface area is 147 Å². The van der Waals surface area contributed by atoms with Crippen molar-refractivity contribution in [1.82, 2.24) is 19.9 Å². The van der Waals surface area contributed by atoms with Crippen molar-refractivity contribution in [2.24, 2.45) is 5.10 Å². The number of hydrogen-bond acceptors (Lipinski definition) is 3. The Balaban J connectivity index is 1.65. The molecule has 2 heterocycles. The molecule has 0 amide bonds. The lowest BCUT2D eigenvalue weighted by molar-refractivity contribution is 0.627. The first-order valence-corrected chi connectivity index (χ1v) is 8.13. The first-order chi connectivity index (χ1) is 12.2. The molecule has 0 saturated heterocycles. The van der Waals surface area contributed by atoms with E-state index in [4.69, 9.17) is 12.2 Å². The first kappa shape index (κ1) is 15.5. The minimum atomic E-state index is -0.264. The molecule has 0 unspecified atom stereocenters. The van der Waals surface area contributed by atoms with Crippen LogP contribution in [0.5, 0.6) is 0 Å². The van der Waals surface area contributed by atoms with Crippen molar-refractivity contribution in [3.05, 3.63) is 82.3 Å². The molecule has 7 heteroatoms. The van der Waals surface area contributed by atoms with Crippen molar-refractivity contribution < 1.29 is 4.39 Å². The summed E-state index contributed by atoms with van der Waals surface area (Å²) in [5, 5.41) is 12.5. The zero-order valence-corrected chi connectivity index (χ0v) is 13.9. The lowest BCUT2D eigenvalue weighted by atomic mass is 10.1. The third-order valence-corrected chi connectivity index (χ3v) is 4.19. The van der Waals surface area contributed by atoms with Crippen molar-refractivity contribution in [1.29, 1.82) is 0 Å². The summed E-state index contributed by atoms with van der Waals surface area (Å²) in [6.07, 6.45) is 4.15. The molecule has 0 bridgehead atoms. The summed E-state index contributed by atoms with van der Waals surface area (Å²) in [6.45, 7) is 0. The number of fused-ring (bicyclic) bond motifs is 1. The van der Waals surface area contributed by atoms with E-state index in [1.807, 2.05) is 30.5 Å². The number of benzene rings is 2. The minimum Gasteiger partial charge on any atom is -0.361 e. The van der Waals surface area contributed by atoms with Gasteiger partial charge in [0.15, 0.2) is 5.82 Å². The highest BCUT2D eigenvalue weighted by Crippen LogP contribution is 2.16. The van der Waals surface area contributed by atoms with Gasteiger partial charge in [0.25, 0.3) is 0 Å². The van der Waals surface area contributed by atoms with Crippen LogP contribution in [0.1, 0.15) is 17.0 Å². The van der Waals surface area contributed by atoms with Gasteiger partial charge in [0.05, 0.1) is 6.21 Å². The summed E-state index contributed by atoms with van der Waals surface area (Å²) in [5.41, 5.74) is 2.94. The quantitative estimate of drug-likeness (QED) is 0.431. The Bertz CT molecular complexity index is 1100. The topological polar surface area (TPSA) is 61.8 Å². The number of aromatic amines is 2. The molecule has 0 aliphatic heterocycles. The van der Waals surface area contributed by atoms with Gasteiger partial charge in [-0.05, 0) is 36.0 Å². The maximum absolute atomic E-state index is 13.0. The summed E-state index contributed by atoms with van der Waals surface area (Å²) in [6, 6.07) is 14.3. The van der Waals surface area contributed by atoms with E-state index in [1.165, 1.54) is 12.1 Å². The number of H-pyrrole nitrogens is 2. The number of hydrogen-bond donors (Lipinski definition) is 2. The van der Waals surface area contributed by atoms with Crippen LogP contribution in [0.3, 0.4) is 0 Å². The standard InChI is InChI=1S/C18H14FN5S/c19-14-7-5-12(6-8-14)9-17-22-23-18(25)24(17)21-11-13-10-20-16-4-2-1-3-15(13)16/h1-8,10-11,20H,9H2,(H,23,25)/b21-11-. The van der Waals surface area contributed by atoms with Crippen LogP contribution < -0.4 is 0 Å². The Morgan fingerprint density at radius 1 is 1.16 bits per heavy atom. The highest BCUT2D eigenvalue weighted by molar-refractivity contribution is 7.71. The molecule has 0 saturated carbocycles. The van der Waals surface area contributed by atoms with Crippen LogP contribution in [0.4, 0.5) is 4.39 Å². The van der Waals surface area contributed by atoms with Crippen molar-refractivity contribution in [3.63, 3.8) is 0 Å². The van der Waals surface area contributed by atoms with E-state index in [2.05, 4.69) is 20.3 Å². The molecule has 2 aromatic carbocycles. The summed E-state index contributed by atoms with van der Waals surface area (Å²) >= 11 is 5.26. The number of para-hydroxylation sites is 1. The smallest absolute Gasteiger partial charge is 0.216 e. The Hall–Kier alpha value is -3.06. The Morgan fingerprint density at radius 2 is 1.96 bits per heavy atom. The van der Waals surface area contributed by atoms with E-state index in [-0.39, 0.29) is 5.82 Å². The van der Waals surface area contributed by atoms with E-state index < -0.39 is 0 Å². The molecular weight excluding hydrogens is 337 g/mol. The van der Waals surface area contributed by atoms with Crippen molar-refractivity contribution >= 4 is 29.3 Å². The van der Waals surface area contributed by atoms with Crippen LogP contribution in [-0.4, -0.2) is 26.1 Å². The third-order valence-electron chi connectivity index (χ3n) is 3.93. The number of halogens is 1. The van der Waals surface area contributed by atoms with Crippen molar-refractivity contribution in [3.8, 4) is 0 Å². The largest absolute Gasteiger partial charge is 0.361 e. The molecule has 0 aliphatic rings. The van der Waals surface area contributed by atoms with Gasteiger partial charge in [-0.2, -0.15) is 14.9 Å². The van der Waals surface area contributed by atoms with E-state index in [0.29, 0.717) is 17.0 Å². The molecular formula is C18H14FN5S. The van der Waals surface area contributed by atoms with Crippen molar-refractivity contribution in [2.75, 3.05) is 0 Å². The minimum absolute atomic E-state index is 0.264. The first-order valence-electron chi connectivity index (χ1n) is 7.72. The monoisotopic (exact) mass is 351 g/mol. The van der Waals surface area contributed by atoms with Crippen LogP contribution in [-0.2, 0) is 6.42 Å². The summed E-state index contributed by atoms with van der Waals surface area (Å²) in [4.78, 5) is 3.21. The van der Waals surface area contributed by atoms with Crippen LogP contribution in [0.2, 0.25) is 0 Å². The Kier molecular flexibility index (Phi) is 3.99. The fraction of sp³-hybridized carbons (Fsp3) is 0.0556. The fourth-order valence-corrected chi connectivity index (χ4v) is 2.86. The van der Waals surface area contributed by atoms with Gasteiger partial charge in [-0.15, -0.1) is 0 Å². The fourth-order valence-electron chi connectivity index (χ4n) is 2.66. The molecule has 4 aromatic rings. The van der Waals surface area contributed by atoms with Gasteiger partial charge < -0.3 is 4.98 Å². The number of nitrogens with one attached hydrogen (secondary N) is 2. The highest BCUT2D eigenvalue weighted by Gasteiger charge is 2.07. The molecule has 124 valence electrons. The van der Waals surface area contributed by atoms with Crippen LogP contribution in [0, 0.1) is 10.6 Å². The van der Waals surface area contributed by atoms with Gasteiger partial charge in [0.1, 0.15) is 5.82 Å². The second kappa shape index (κ2) is 6.45. The lowest BCUT2D eigenvalue weighted by Crippen LogP contribution is -2.00. The molecule has 0 aliphatic carbocycles. The predicted molar refractivity (Wildman–Crippen MR) is 97.9 cm³/mol. The van der Waals surface area contributed by atoms with Gasteiger partial charge in [-0.1, -0.05) is 30.3 Å². The molecule has 0 radical (unpaired) electrons. The Morgan fingerprint density at radius 3 is 2.80 bits per heavy atom. The van der Waals surface area contributed by atoms with Crippen LogP contribution >= 0.6 is 12.2 Å². The van der Waals surface area contributed by atoms with Gasteiger partial charge in [0.2, 0.25) is 4.77 Å². The summed E-state index contributed by atoms with van der Waals surface area (Å²) < 4.78 is 15.0. The average Bonchev–Trinajstić information content (AvgIpc) is 3.19. The van der Waals surface area contributed by atoms with E-state index in [9.17, 15) is 4.39 Å². The van der Waals surface area contributed by atoms with E-state index in [0.717, 1.165) is 22.0 Å². The second-order valence-electron chi connectivity index (χ2n) is 5.59. The van der Waals surface area contributed by atoms with Gasteiger partial charge in [-0.3, -0.25) is 5.10 Å². The maximum Gasteiger partial charge on any atom is 0.216 e. The number of rotatable bonds is 4. The maximum atomic E-state index is 13.0. The number of nitrogens with zero attached hydrogens (tertiary/aromatic N) is 3. The number of aromatic nitrogens is 4. The molecule has 0 spiro atoms. The molecule has 0 atom stereocenters. The molecule has 2 aromatic heterocycles. The van der Waals surface area contributed by atoms with Gasteiger partial charge in [-0.25, -0.2) is 4.39 Å². The predicted octanol–water partition coefficient (Wildman–Crippen LogP) is 4.03. The SMILES string of the molecule is Fc1ccc(Cc2n[nH]c(=S)n2/N=C\c2c[nH]c3ccccc23)cc1. The van der Waals surface area contributed by atoms with E-state index >= 15 is 0 Å². The van der Waals surface area contributed by atoms with Gasteiger partial charge >= 0.3 is 0 Å². The van der Waals surface area contributed by atoms with Crippen molar-refractivity contribution in [2.45, 2.75) is 6.42 Å². The molecule has 5 nitrogen and oxygen atoms in total. The third kappa shape index (κ3) is 3.14. The molecule has 2 N–H and O–H groups in total.